The molecular weight excluding hydrogens is 208 g/mol. The summed E-state index contributed by atoms with van der Waals surface area (Å²) in [6.07, 6.45) is 4.47. The van der Waals surface area contributed by atoms with Crippen LogP contribution >= 0.6 is 11.1 Å². The summed E-state index contributed by atoms with van der Waals surface area (Å²) in [5, 5.41) is 0. The Labute approximate surface area is 94.1 Å². The summed E-state index contributed by atoms with van der Waals surface area (Å²) >= 11 is 6.52. The van der Waals surface area contributed by atoms with Crippen LogP contribution in [0, 0.1) is 23.2 Å². The van der Waals surface area contributed by atoms with Crippen molar-refractivity contribution < 1.29 is 0 Å². The SMILES string of the molecule is CC1(C)[C@@H]2CC[C@@H](C2)[C@@H]1C[Si](C)(C)Cl. The van der Waals surface area contributed by atoms with Crippen molar-refractivity contribution in [3.63, 3.8) is 0 Å². The van der Waals surface area contributed by atoms with Crippen LogP contribution in [0.4, 0.5) is 0 Å². The van der Waals surface area contributed by atoms with E-state index >= 15 is 0 Å². The molecule has 2 fully saturated rings. The van der Waals surface area contributed by atoms with Gasteiger partial charge in [0.15, 0.2) is 7.38 Å². The molecule has 2 saturated carbocycles. The summed E-state index contributed by atoms with van der Waals surface area (Å²) in [5.74, 6) is 2.95. The van der Waals surface area contributed by atoms with Gasteiger partial charge < -0.3 is 0 Å². The van der Waals surface area contributed by atoms with Gasteiger partial charge in [0.1, 0.15) is 0 Å². The molecule has 0 radical (unpaired) electrons. The fraction of sp³-hybridized carbons (Fsp3) is 1.00. The van der Waals surface area contributed by atoms with Crippen molar-refractivity contribution in [1.82, 2.24) is 0 Å². The molecule has 0 amide bonds. The van der Waals surface area contributed by atoms with Crippen LogP contribution in [-0.2, 0) is 0 Å². The Morgan fingerprint density at radius 1 is 1.29 bits per heavy atom. The predicted molar refractivity (Wildman–Crippen MR) is 66.2 cm³/mol. The van der Waals surface area contributed by atoms with Crippen LogP contribution in [0.1, 0.15) is 33.1 Å². The maximum Gasteiger partial charge on any atom is 0.150 e. The van der Waals surface area contributed by atoms with Gasteiger partial charge in [0.2, 0.25) is 0 Å². The minimum atomic E-state index is -1.38. The number of hydrogen-bond donors (Lipinski definition) is 0. The van der Waals surface area contributed by atoms with Crippen LogP contribution < -0.4 is 0 Å². The monoisotopic (exact) mass is 230 g/mol. The Morgan fingerprint density at radius 3 is 2.36 bits per heavy atom. The minimum absolute atomic E-state index is 0.585. The van der Waals surface area contributed by atoms with E-state index in [0.717, 1.165) is 17.8 Å². The lowest BCUT2D eigenvalue weighted by atomic mass is 9.69. The Bertz CT molecular complexity index is 229. The van der Waals surface area contributed by atoms with Crippen molar-refractivity contribution in [3.05, 3.63) is 0 Å². The van der Waals surface area contributed by atoms with Crippen molar-refractivity contribution in [3.8, 4) is 0 Å². The second kappa shape index (κ2) is 3.25. The number of halogens is 1. The van der Waals surface area contributed by atoms with Gasteiger partial charge in [0.25, 0.3) is 0 Å². The van der Waals surface area contributed by atoms with Gasteiger partial charge in [-0.15, -0.1) is 0 Å². The van der Waals surface area contributed by atoms with Crippen LogP contribution in [0.15, 0.2) is 0 Å². The van der Waals surface area contributed by atoms with E-state index in [1.807, 2.05) is 0 Å². The third-order valence-corrected chi connectivity index (χ3v) is 6.63. The van der Waals surface area contributed by atoms with Gasteiger partial charge >= 0.3 is 0 Å². The van der Waals surface area contributed by atoms with Crippen molar-refractivity contribution in [2.75, 3.05) is 0 Å². The van der Waals surface area contributed by atoms with Crippen molar-refractivity contribution in [2.24, 2.45) is 23.2 Å². The van der Waals surface area contributed by atoms with Crippen LogP contribution in [0.3, 0.4) is 0 Å². The number of fused-ring (bicyclic) bond motifs is 2. The lowest BCUT2D eigenvalue weighted by Gasteiger charge is -2.40. The highest BCUT2D eigenvalue weighted by Gasteiger charge is 2.53. The lowest BCUT2D eigenvalue weighted by molar-refractivity contribution is 0.136. The fourth-order valence-electron chi connectivity index (χ4n) is 3.92. The van der Waals surface area contributed by atoms with E-state index in [1.54, 1.807) is 0 Å². The zero-order valence-corrected chi connectivity index (χ0v) is 11.7. The Balaban J connectivity index is 2.12. The molecule has 82 valence electrons. The van der Waals surface area contributed by atoms with Crippen molar-refractivity contribution in [1.29, 1.82) is 0 Å². The number of rotatable bonds is 2. The summed E-state index contributed by atoms with van der Waals surface area (Å²) in [6, 6.07) is 1.34. The van der Waals surface area contributed by atoms with Crippen LogP contribution in [-0.4, -0.2) is 7.38 Å². The second-order valence-corrected chi connectivity index (χ2v) is 13.5. The van der Waals surface area contributed by atoms with Gasteiger partial charge in [0, 0.05) is 0 Å². The third-order valence-electron chi connectivity index (χ3n) is 4.76. The molecule has 0 saturated heterocycles. The maximum atomic E-state index is 6.52. The molecule has 0 nitrogen and oxygen atoms in total. The summed E-state index contributed by atoms with van der Waals surface area (Å²) in [5.41, 5.74) is 0.585. The third kappa shape index (κ3) is 1.78. The molecule has 0 aromatic heterocycles. The van der Waals surface area contributed by atoms with Gasteiger partial charge in [-0.2, -0.15) is 11.1 Å². The topological polar surface area (TPSA) is 0 Å². The molecule has 0 aromatic carbocycles. The molecule has 0 aromatic rings. The van der Waals surface area contributed by atoms with E-state index in [4.69, 9.17) is 11.1 Å². The molecule has 0 N–H and O–H groups in total. The first-order valence-electron chi connectivity index (χ1n) is 5.99. The van der Waals surface area contributed by atoms with Gasteiger partial charge in [-0.1, -0.05) is 26.9 Å². The average molecular weight is 231 g/mol. The molecule has 0 spiro atoms. The molecule has 2 bridgehead atoms. The normalized spacial score (nSPS) is 40.5. The summed E-state index contributed by atoms with van der Waals surface area (Å²) in [6.45, 7) is 9.57. The fourth-order valence-corrected chi connectivity index (χ4v) is 6.32. The summed E-state index contributed by atoms with van der Waals surface area (Å²) in [7, 11) is -1.38. The molecule has 3 atom stereocenters. The van der Waals surface area contributed by atoms with E-state index in [2.05, 4.69) is 26.9 Å². The first kappa shape index (κ1) is 11.0. The average Bonchev–Trinajstić information content (AvgIpc) is 2.51. The summed E-state index contributed by atoms with van der Waals surface area (Å²) < 4.78 is 0. The standard InChI is InChI=1S/C12H23ClSi/c1-12(2)10-6-5-9(7-10)11(12)8-14(3,4)13/h9-11H,5-8H2,1-4H3/t9-,10+,11-/m0/s1. The van der Waals surface area contributed by atoms with Gasteiger partial charge in [0.05, 0.1) is 0 Å². The summed E-state index contributed by atoms with van der Waals surface area (Å²) in [4.78, 5) is 0. The molecule has 2 heteroatoms. The van der Waals surface area contributed by atoms with Gasteiger partial charge in [-0.25, -0.2) is 0 Å². The highest BCUT2D eigenvalue weighted by molar-refractivity contribution is 7.19. The molecular formula is C12H23ClSi. The Morgan fingerprint density at radius 2 is 1.93 bits per heavy atom. The molecule has 2 aliphatic carbocycles. The van der Waals surface area contributed by atoms with Crippen LogP contribution in [0.2, 0.25) is 19.1 Å². The van der Waals surface area contributed by atoms with E-state index in [0.29, 0.717) is 5.41 Å². The largest absolute Gasteiger partial charge is 0.168 e. The molecule has 0 unspecified atom stereocenters. The van der Waals surface area contributed by atoms with Gasteiger partial charge in [-0.3, -0.25) is 0 Å². The zero-order chi connectivity index (χ0) is 10.6. The highest BCUT2D eigenvalue weighted by atomic mass is 35.6. The lowest BCUT2D eigenvalue weighted by Crippen LogP contribution is -2.35. The Hall–Kier alpha value is 0.507. The zero-order valence-electron chi connectivity index (χ0n) is 9.94. The van der Waals surface area contributed by atoms with Crippen molar-refractivity contribution in [2.45, 2.75) is 52.2 Å². The second-order valence-electron chi connectivity index (χ2n) is 6.62. The van der Waals surface area contributed by atoms with E-state index < -0.39 is 7.38 Å². The van der Waals surface area contributed by atoms with Crippen molar-refractivity contribution >= 4 is 18.5 Å². The van der Waals surface area contributed by atoms with Crippen LogP contribution in [0.25, 0.3) is 0 Å². The molecule has 0 heterocycles. The smallest absolute Gasteiger partial charge is 0.150 e. The highest BCUT2D eigenvalue weighted by Crippen LogP contribution is 2.61. The van der Waals surface area contributed by atoms with E-state index in [9.17, 15) is 0 Å². The first-order valence-corrected chi connectivity index (χ1v) is 10.2. The van der Waals surface area contributed by atoms with Gasteiger partial charge in [-0.05, 0) is 48.5 Å². The quantitative estimate of drug-likeness (QED) is 0.484. The minimum Gasteiger partial charge on any atom is -0.168 e. The number of hydrogen-bond acceptors (Lipinski definition) is 0. The molecule has 14 heavy (non-hydrogen) atoms. The Kier molecular flexibility index (Phi) is 2.55. The molecule has 2 aliphatic rings. The van der Waals surface area contributed by atoms with E-state index in [-0.39, 0.29) is 0 Å². The molecule has 0 aliphatic heterocycles. The van der Waals surface area contributed by atoms with E-state index in [1.165, 1.54) is 25.3 Å². The predicted octanol–water partition coefficient (Wildman–Crippen LogP) is 4.50. The molecule has 2 rings (SSSR count). The van der Waals surface area contributed by atoms with Crippen LogP contribution in [0.5, 0.6) is 0 Å². The first-order chi connectivity index (χ1) is 6.31. The maximum absolute atomic E-state index is 6.52.